The standard InChI is InChI=1S/C8H13.3C4H9.Sn/c1-4-6-8(3)7-5-2;3*1-3-4-2;/h4,6-8H,1-3H3;3*1,3-4H2,2H3;/b6-4+,7-5?;;;;/t8-;;;;/m1..../s1. The monoisotopic (exact) mass is 400 g/mol. The SMILES string of the molecule is C/C=C/[C@@H](C)/C=[C](/C)[Sn]([CH2]CCC)([CH2]CCC)[CH2]CCC. The molecule has 1 heteroatoms. The second-order valence-corrected chi connectivity index (χ2v) is 20.7. The Morgan fingerprint density at radius 2 is 1.33 bits per heavy atom. The Labute approximate surface area is 139 Å². The molecule has 0 nitrogen and oxygen atoms in total. The van der Waals surface area contributed by atoms with E-state index < -0.39 is 18.4 Å². The summed E-state index contributed by atoms with van der Waals surface area (Å²) >= 11 is -2.10. The van der Waals surface area contributed by atoms with Crippen molar-refractivity contribution in [1.29, 1.82) is 0 Å². The molecule has 0 aromatic heterocycles. The normalized spacial score (nSPS) is 14.9. The minimum atomic E-state index is -2.10. The van der Waals surface area contributed by atoms with Gasteiger partial charge >= 0.3 is 139 Å². The molecule has 0 aliphatic carbocycles. The van der Waals surface area contributed by atoms with Gasteiger partial charge in [0.05, 0.1) is 0 Å². The molecule has 21 heavy (non-hydrogen) atoms. The fourth-order valence-corrected chi connectivity index (χ4v) is 19.5. The van der Waals surface area contributed by atoms with Gasteiger partial charge in [-0.1, -0.05) is 0 Å². The molecule has 0 unspecified atom stereocenters. The zero-order valence-corrected chi connectivity index (χ0v) is 18.5. The predicted molar refractivity (Wildman–Crippen MR) is 103 cm³/mol. The van der Waals surface area contributed by atoms with Crippen LogP contribution in [0, 0.1) is 5.92 Å². The van der Waals surface area contributed by atoms with Crippen LogP contribution in [0.3, 0.4) is 0 Å². The molecule has 0 amide bonds. The molecular formula is C20H40Sn. The van der Waals surface area contributed by atoms with Crippen molar-refractivity contribution >= 4 is 18.4 Å². The molecule has 0 rings (SSSR count). The molecule has 1 atom stereocenters. The van der Waals surface area contributed by atoms with Gasteiger partial charge in [-0.15, -0.1) is 0 Å². The second kappa shape index (κ2) is 12.8. The molecule has 0 saturated heterocycles. The molecular weight excluding hydrogens is 359 g/mol. The molecule has 0 aliphatic rings. The van der Waals surface area contributed by atoms with Gasteiger partial charge in [-0.3, -0.25) is 0 Å². The summed E-state index contributed by atoms with van der Waals surface area (Å²) in [7, 11) is 0. The van der Waals surface area contributed by atoms with Crippen LogP contribution in [0.1, 0.15) is 80.1 Å². The summed E-state index contributed by atoms with van der Waals surface area (Å²) in [5.74, 6) is 0.621. The second-order valence-electron chi connectivity index (χ2n) is 6.83. The van der Waals surface area contributed by atoms with Crippen LogP contribution in [0.2, 0.25) is 13.3 Å². The molecule has 0 radical (unpaired) electrons. The fraction of sp³-hybridized carbons (Fsp3) is 0.800. The third kappa shape index (κ3) is 8.47. The Morgan fingerprint density at radius 3 is 1.67 bits per heavy atom. The first kappa shape index (κ1) is 21.3. The van der Waals surface area contributed by atoms with Crippen molar-refractivity contribution in [2.24, 2.45) is 5.92 Å². The van der Waals surface area contributed by atoms with Crippen LogP contribution in [0.5, 0.6) is 0 Å². The van der Waals surface area contributed by atoms with Gasteiger partial charge < -0.3 is 0 Å². The maximum atomic E-state index is 2.62. The van der Waals surface area contributed by atoms with Gasteiger partial charge in [0.2, 0.25) is 0 Å². The van der Waals surface area contributed by atoms with Crippen molar-refractivity contribution in [1.82, 2.24) is 0 Å². The van der Waals surface area contributed by atoms with E-state index in [9.17, 15) is 0 Å². The van der Waals surface area contributed by atoms with Gasteiger partial charge in [-0.05, 0) is 0 Å². The number of hydrogen-bond donors (Lipinski definition) is 0. The maximum absolute atomic E-state index is 2.62. The van der Waals surface area contributed by atoms with Crippen molar-refractivity contribution in [3.8, 4) is 0 Å². The van der Waals surface area contributed by atoms with Gasteiger partial charge in [0.15, 0.2) is 0 Å². The average molecular weight is 399 g/mol. The van der Waals surface area contributed by atoms with E-state index in [4.69, 9.17) is 0 Å². The Bertz CT molecular complexity index is 279. The fourth-order valence-electron chi connectivity index (χ4n) is 3.44. The van der Waals surface area contributed by atoms with Crippen molar-refractivity contribution in [3.63, 3.8) is 0 Å². The Kier molecular flexibility index (Phi) is 13.0. The van der Waals surface area contributed by atoms with Crippen LogP contribution in [0.15, 0.2) is 21.8 Å². The van der Waals surface area contributed by atoms with Crippen molar-refractivity contribution in [2.75, 3.05) is 0 Å². The molecule has 0 bridgehead atoms. The third-order valence-electron chi connectivity index (χ3n) is 4.87. The van der Waals surface area contributed by atoms with E-state index in [-0.39, 0.29) is 0 Å². The number of allylic oxidation sites excluding steroid dienone is 4. The van der Waals surface area contributed by atoms with E-state index in [2.05, 4.69) is 59.8 Å². The van der Waals surface area contributed by atoms with E-state index in [1.54, 1.807) is 13.3 Å². The first-order chi connectivity index (χ1) is 10.1. The van der Waals surface area contributed by atoms with E-state index in [1.807, 2.05) is 3.59 Å². The van der Waals surface area contributed by atoms with Gasteiger partial charge in [-0.2, -0.15) is 0 Å². The molecule has 0 spiro atoms. The Balaban J connectivity index is 5.25. The zero-order valence-electron chi connectivity index (χ0n) is 15.7. The molecule has 0 aliphatic heterocycles. The summed E-state index contributed by atoms with van der Waals surface area (Å²) in [6.45, 7) is 14.1. The molecule has 0 heterocycles. The van der Waals surface area contributed by atoms with Gasteiger partial charge in [-0.25, -0.2) is 0 Å². The number of hydrogen-bond acceptors (Lipinski definition) is 0. The minimum absolute atomic E-state index is 0.621. The van der Waals surface area contributed by atoms with Gasteiger partial charge in [0.25, 0.3) is 0 Å². The summed E-state index contributed by atoms with van der Waals surface area (Å²) < 4.78 is 6.65. The van der Waals surface area contributed by atoms with Crippen LogP contribution in [-0.4, -0.2) is 18.4 Å². The summed E-state index contributed by atoms with van der Waals surface area (Å²) in [6.07, 6.45) is 15.7. The van der Waals surface area contributed by atoms with Crippen LogP contribution in [0.25, 0.3) is 0 Å². The molecule has 0 fully saturated rings. The van der Waals surface area contributed by atoms with Crippen LogP contribution < -0.4 is 0 Å². The topological polar surface area (TPSA) is 0 Å². The first-order valence-electron chi connectivity index (χ1n) is 9.38. The first-order valence-corrected chi connectivity index (χ1v) is 16.9. The third-order valence-corrected chi connectivity index (χ3v) is 21.3. The van der Waals surface area contributed by atoms with Crippen molar-refractivity contribution in [2.45, 2.75) is 93.4 Å². The van der Waals surface area contributed by atoms with E-state index in [0.717, 1.165) is 0 Å². The van der Waals surface area contributed by atoms with Crippen LogP contribution >= 0.6 is 0 Å². The van der Waals surface area contributed by atoms with Crippen LogP contribution in [-0.2, 0) is 0 Å². The number of unbranched alkanes of at least 4 members (excludes halogenated alkanes) is 3. The zero-order chi connectivity index (χ0) is 16.1. The predicted octanol–water partition coefficient (Wildman–Crippen LogP) is 7.53. The van der Waals surface area contributed by atoms with Crippen molar-refractivity contribution < 1.29 is 0 Å². The summed E-state index contributed by atoms with van der Waals surface area (Å²) in [5.41, 5.74) is 0. The molecule has 0 saturated carbocycles. The summed E-state index contributed by atoms with van der Waals surface area (Å²) in [4.78, 5) is 0. The van der Waals surface area contributed by atoms with E-state index in [1.165, 1.54) is 38.5 Å². The van der Waals surface area contributed by atoms with E-state index >= 15 is 0 Å². The van der Waals surface area contributed by atoms with Gasteiger partial charge in [0, 0.05) is 0 Å². The average Bonchev–Trinajstić information content (AvgIpc) is 2.47. The van der Waals surface area contributed by atoms with E-state index in [0.29, 0.717) is 5.92 Å². The van der Waals surface area contributed by atoms with Crippen molar-refractivity contribution in [3.05, 3.63) is 21.8 Å². The summed E-state index contributed by atoms with van der Waals surface area (Å²) in [6, 6.07) is 0. The Morgan fingerprint density at radius 1 is 0.905 bits per heavy atom. The molecule has 0 aromatic carbocycles. The quantitative estimate of drug-likeness (QED) is 0.235. The summed E-state index contributed by atoms with van der Waals surface area (Å²) in [5, 5.41) is 0. The molecule has 0 aromatic rings. The molecule has 0 N–H and O–H groups in total. The van der Waals surface area contributed by atoms with Gasteiger partial charge in [0.1, 0.15) is 0 Å². The molecule has 124 valence electrons. The van der Waals surface area contributed by atoms with Crippen LogP contribution in [0.4, 0.5) is 0 Å². The number of rotatable bonds is 12. The Hall–Kier alpha value is 0.279.